The van der Waals surface area contributed by atoms with Crippen molar-refractivity contribution in [3.63, 3.8) is 0 Å². The van der Waals surface area contributed by atoms with E-state index in [2.05, 4.69) is 59.4 Å². The molecule has 0 radical (unpaired) electrons. The third-order valence-corrected chi connectivity index (χ3v) is 24.2. The molecular weight excluding hydrogens is 1340 g/mol. The number of carboxylic acid groups (broad SMARTS) is 3. The SMILES string of the molecule is CC1(C(=O)O)CC(c2c(C3CCOCC3)n(-c3ccc(F)c(F)c3)c3cc4cn[nH]c4cc23)C1.CC1(C(=O)O)CC(c2c(C3CCOCC3)n(-c3ccc(F)c(F)c3)c3cc4cn[nH]c4cc23)C1.O=C(O)C1CC2(C1)CC(c1c(C3CCOCC3)n(-c3ccc(F)c(F)c3)c3cc4cn[nH]c4cc13)C2. The average molecular weight is 1420 g/mol. The van der Waals surface area contributed by atoms with Crippen LogP contribution in [0.5, 0.6) is 0 Å². The molecule has 6 aromatic heterocycles. The normalized spacial score (nSPS) is 24.5. The highest BCUT2D eigenvalue weighted by molar-refractivity contribution is 6.02. The predicted octanol–water partition coefficient (Wildman–Crippen LogP) is 17.3. The molecule has 7 fully saturated rings. The number of carboxylic acids is 3. The first-order valence-electron chi connectivity index (χ1n) is 36.0. The van der Waals surface area contributed by atoms with Crippen LogP contribution in [0.4, 0.5) is 26.3 Å². The van der Waals surface area contributed by atoms with E-state index < -0.39 is 63.6 Å². The number of fused-ring (bicyclic) bond motifs is 6. The Balaban J connectivity index is 0.000000115. The van der Waals surface area contributed by atoms with Crippen LogP contribution in [0.3, 0.4) is 0 Å². The zero-order chi connectivity index (χ0) is 71.8. The molecule has 104 heavy (non-hydrogen) atoms. The number of aromatic amines is 3. The molecule has 24 heteroatoms. The van der Waals surface area contributed by atoms with Crippen LogP contribution in [-0.4, -0.2) is 117 Å². The van der Waals surface area contributed by atoms with Gasteiger partial charge in [-0.1, -0.05) is 0 Å². The Kier molecular flexibility index (Phi) is 16.7. The molecule has 538 valence electrons. The molecule has 12 aromatic rings. The Morgan fingerprint density at radius 3 is 0.981 bits per heavy atom. The molecule has 19 rings (SSSR count). The van der Waals surface area contributed by atoms with Crippen LogP contribution in [0.1, 0.15) is 173 Å². The van der Waals surface area contributed by atoms with Gasteiger partial charge in [-0.2, -0.15) is 15.3 Å². The number of ether oxygens (including phenoxy) is 3. The molecule has 6 N–H and O–H groups in total. The van der Waals surface area contributed by atoms with E-state index in [4.69, 9.17) is 14.2 Å². The van der Waals surface area contributed by atoms with Crippen molar-refractivity contribution in [3.8, 4) is 17.1 Å². The summed E-state index contributed by atoms with van der Waals surface area (Å²) in [6, 6.07) is 24.5. The van der Waals surface area contributed by atoms with E-state index in [1.165, 1.54) is 29.8 Å². The second-order valence-electron chi connectivity index (χ2n) is 30.8. The van der Waals surface area contributed by atoms with E-state index in [1.807, 2.05) is 21.3 Å². The molecular formula is C80H77F6N9O9. The molecule has 7 aliphatic rings. The zero-order valence-electron chi connectivity index (χ0n) is 57.3. The van der Waals surface area contributed by atoms with Crippen molar-refractivity contribution in [3.05, 3.63) is 178 Å². The van der Waals surface area contributed by atoms with E-state index in [0.29, 0.717) is 88.3 Å². The first-order chi connectivity index (χ1) is 50.1. The van der Waals surface area contributed by atoms with Crippen LogP contribution in [0, 0.1) is 57.1 Å². The number of H-pyrrole nitrogens is 3. The molecule has 3 aliphatic heterocycles. The molecule has 4 aliphatic carbocycles. The fraction of sp³-hybridized carbons (Fsp3) is 0.400. The minimum absolute atomic E-state index is 0.0633. The van der Waals surface area contributed by atoms with Crippen molar-refractivity contribution in [1.29, 1.82) is 0 Å². The lowest BCUT2D eigenvalue weighted by molar-refractivity contribution is -0.155. The smallest absolute Gasteiger partial charge is 0.309 e. The summed E-state index contributed by atoms with van der Waals surface area (Å²) in [5, 5.41) is 56.4. The van der Waals surface area contributed by atoms with E-state index in [-0.39, 0.29) is 40.9 Å². The molecule has 4 saturated carbocycles. The Morgan fingerprint density at radius 1 is 0.404 bits per heavy atom. The number of rotatable bonds is 12. The number of aromatic nitrogens is 9. The minimum Gasteiger partial charge on any atom is -0.481 e. The van der Waals surface area contributed by atoms with Gasteiger partial charge in [-0.3, -0.25) is 29.7 Å². The lowest BCUT2D eigenvalue weighted by Gasteiger charge is -2.57. The summed E-state index contributed by atoms with van der Waals surface area (Å²) in [7, 11) is 0. The molecule has 0 bridgehead atoms. The van der Waals surface area contributed by atoms with Crippen molar-refractivity contribution < 1.29 is 70.3 Å². The third kappa shape index (κ3) is 11.4. The van der Waals surface area contributed by atoms with Gasteiger partial charge in [-0.05, 0) is 216 Å². The molecule has 0 unspecified atom stereocenters. The second-order valence-corrected chi connectivity index (χ2v) is 30.8. The van der Waals surface area contributed by atoms with Crippen molar-refractivity contribution in [2.45, 2.75) is 139 Å². The largest absolute Gasteiger partial charge is 0.481 e. The molecule has 9 heterocycles. The molecule has 18 nitrogen and oxygen atoms in total. The average Bonchev–Trinajstić information content (AvgIpc) is 1.49. The standard InChI is InChI=1S/C28H27F2N3O3.2C26H25F2N3O3/c29-21-2-1-19(8-22(21)30)33-24-7-16-14-31-32-23(16)9-20(24)25(26(33)15-3-5-36-6-4-15)17-10-28(11-17)12-18(13-28)27(34)35;2*1-26(25(32)33)11-16(12-26)23-18-10-21-15(13-29-30-21)8-22(18)31(17-2-3-19(27)20(28)9-17)24(23)14-4-6-34-7-5-14/h1-2,7-9,14-15,17-18H,3-6,10-13H2,(H,31,32)(H,34,35);2*2-3,8-10,13-14,16H,4-7,11-12H2,1H3,(H,29,30)(H,32,33). The van der Waals surface area contributed by atoms with Gasteiger partial charge in [0.15, 0.2) is 34.9 Å². The van der Waals surface area contributed by atoms with Crippen molar-refractivity contribution >= 4 is 83.3 Å². The lowest BCUT2D eigenvalue weighted by atomic mass is 9.47. The summed E-state index contributed by atoms with van der Waals surface area (Å²) in [6.45, 7) is 7.45. The Morgan fingerprint density at radius 2 is 0.702 bits per heavy atom. The number of hydrogen-bond donors (Lipinski definition) is 6. The van der Waals surface area contributed by atoms with Crippen LogP contribution >= 0.6 is 0 Å². The Hall–Kier alpha value is -9.78. The Labute approximate surface area is 591 Å². The van der Waals surface area contributed by atoms with Crippen molar-refractivity contribution in [2.24, 2.45) is 22.2 Å². The van der Waals surface area contributed by atoms with Gasteiger partial charge in [0, 0.05) is 142 Å². The lowest BCUT2D eigenvalue weighted by Crippen LogP contribution is -2.49. The summed E-state index contributed by atoms with van der Waals surface area (Å²) in [5.41, 5.74) is 12.5. The summed E-state index contributed by atoms with van der Waals surface area (Å²) < 4.78 is 108. The highest BCUT2D eigenvalue weighted by Crippen LogP contribution is 2.66. The zero-order valence-corrected chi connectivity index (χ0v) is 57.3. The van der Waals surface area contributed by atoms with Gasteiger partial charge in [-0.25, -0.2) is 26.3 Å². The van der Waals surface area contributed by atoms with E-state index in [0.717, 1.165) is 170 Å². The molecule has 6 aromatic carbocycles. The van der Waals surface area contributed by atoms with Gasteiger partial charge >= 0.3 is 17.9 Å². The third-order valence-electron chi connectivity index (χ3n) is 24.2. The fourth-order valence-electron chi connectivity index (χ4n) is 18.9. The summed E-state index contributed by atoms with van der Waals surface area (Å²) >= 11 is 0. The number of nitrogens with one attached hydrogen (secondary N) is 3. The molecule has 3 saturated heterocycles. The maximum Gasteiger partial charge on any atom is 0.309 e. The topological polar surface area (TPSA) is 240 Å². The number of hydrogen-bond acceptors (Lipinski definition) is 9. The van der Waals surface area contributed by atoms with Crippen molar-refractivity contribution in [2.75, 3.05) is 39.6 Å². The number of benzene rings is 6. The highest BCUT2D eigenvalue weighted by atomic mass is 19.2. The first kappa shape index (κ1) is 67.4. The van der Waals surface area contributed by atoms with Crippen LogP contribution < -0.4 is 0 Å². The van der Waals surface area contributed by atoms with Gasteiger partial charge in [0.25, 0.3) is 0 Å². The van der Waals surface area contributed by atoms with Crippen LogP contribution in [0.25, 0.3) is 82.5 Å². The van der Waals surface area contributed by atoms with Gasteiger partial charge < -0.3 is 43.2 Å². The fourth-order valence-corrected chi connectivity index (χ4v) is 18.9. The van der Waals surface area contributed by atoms with E-state index in [9.17, 15) is 56.0 Å². The number of aliphatic carboxylic acids is 3. The summed E-state index contributed by atoms with van der Waals surface area (Å²) in [6.07, 6.45) is 15.8. The minimum atomic E-state index is -0.898. The van der Waals surface area contributed by atoms with Gasteiger partial charge in [-0.15, -0.1) is 0 Å². The maximum absolute atomic E-state index is 14.5. The number of carbonyl (C=O) groups is 3. The molecule has 1 spiro atoms. The predicted molar refractivity (Wildman–Crippen MR) is 377 cm³/mol. The monoisotopic (exact) mass is 1420 g/mol. The Bertz CT molecular complexity index is 5190. The first-order valence-corrected chi connectivity index (χ1v) is 36.0. The molecule has 0 atom stereocenters. The van der Waals surface area contributed by atoms with Crippen LogP contribution in [-0.2, 0) is 28.6 Å². The van der Waals surface area contributed by atoms with E-state index >= 15 is 0 Å². The van der Waals surface area contributed by atoms with Gasteiger partial charge in [0.2, 0.25) is 0 Å². The van der Waals surface area contributed by atoms with Crippen LogP contribution in [0.15, 0.2) is 110 Å². The summed E-state index contributed by atoms with van der Waals surface area (Å²) in [4.78, 5) is 35.1. The quantitative estimate of drug-likeness (QED) is 0.0626. The van der Waals surface area contributed by atoms with Crippen molar-refractivity contribution in [1.82, 2.24) is 44.3 Å². The second kappa shape index (κ2) is 25.8. The highest BCUT2D eigenvalue weighted by Gasteiger charge is 2.57. The van der Waals surface area contributed by atoms with Gasteiger partial charge in [0.1, 0.15) is 0 Å². The van der Waals surface area contributed by atoms with Gasteiger partial charge in [0.05, 0.1) is 68.4 Å². The van der Waals surface area contributed by atoms with E-state index in [1.54, 1.807) is 50.6 Å². The summed E-state index contributed by atoms with van der Waals surface area (Å²) in [5.74, 6) is -6.79. The number of halogens is 6. The van der Waals surface area contributed by atoms with Crippen LogP contribution in [0.2, 0.25) is 0 Å². The maximum atomic E-state index is 14.5. The number of nitrogens with zero attached hydrogens (tertiary/aromatic N) is 6. The molecule has 0 amide bonds.